The zero-order chi connectivity index (χ0) is 16.7. The normalized spacial score (nSPS) is 15.2. The van der Waals surface area contributed by atoms with Crippen LogP contribution in [0, 0.1) is 12.7 Å². The number of piperidine rings is 1. The predicted octanol–water partition coefficient (Wildman–Crippen LogP) is 4.14. The molecule has 1 aliphatic heterocycles. The van der Waals surface area contributed by atoms with Crippen LogP contribution >= 0.6 is 11.3 Å². The molecule has 124 valence electrons. The summed E-state index contributed by atoms with van der Waals surface area (Å²) in [7, 11) is 0. The molecule has 0 unspecified atom stereocenters. The molecule has 0 saturated carbocycles. The number of imidazole rings is 1. The van der Waals surface area contributed by atoms with Gasteiger partial charge >= 0.3 is 0 Å². The van der Waals surface area contributed by atoms with Crippen molar-refractivity contribution in [2.45, 2.75) is 26.2 Å². The number of carbonyl (C=O) groups is 1. The highest BCUT2D eigenvalue weighted by Gasteiger charge is 2.24. The number of nitrogens with zero attached hydrogens (tertiary/aromatic N) is 3. The number of hydrogen-bond acceptors (Lipinski definition) is 3. The van der Waals surface area contributed by atoms with Gasteiger partial charge in [0.2, 0.25) is 0 Å². The molecule has 0 spiro atoms. The monoisotopic (exact) mass is 343 g/mol. The van der Waals surface area contributed by atoms with Gasteiger partial charge in [-0.25, -0.2) is 9.37 Å². The Kier molecular flexibility index (Phi) is 3.84. The van der Waals surface area contributed by atoms with Gasteiger partial charge in [-0.15, -0.1) is 0 Å². The Hall–Kier alpha value is -2.21. The lowest BCUT2D eigenvalue weighted by Gasteiger charge is -2.26. The van der Waals surface area contributed by atoms with Crippen molar-refractivity contribution in [2.24, 2.45) is 0 Å². The first-order chi connectivity index (χ1) is 11.6. The van der Waals surface area contributed by atoms with Crippen LogP contribution < -0.4 is 0 Å². The molecule has 0 N–H and O–H groups in total. The van der Waals surface area contributed by atoms with Crippen molar-refractivity contribution >= 4 is 22.2 Å². The largest absolute Gasteiger partial charge is 0.338 e. The van der Waals surface area contributed by atoms with Crippen LogP contribution in [0.1, 0.15) is 34.6 Å². The molecule has 2 aromatic heterocycles. The van der Waals surface area contributed by atoms with E-state index in [1.54, 1.807) is 12.1 Å². The smallest absolute Gasteiger partial charge is 0.265 e. The number of fused-ring (bicyclic) bond motifs is 1. The number of amides is 1. The summed E-state index contributed by atoms with van der Waals surface area (Å²) in [5.74, 6) is -0.142. The molecule has 3 aromatic rings. The van der Waals surface area contributed by atoms with E-state index in [4.69, 9.17) is 0 Å². The molecular weight excluding hydrogens is 325 g/mol. The quantitative estimate of drug-likeness (QED) is 0.701. The summed E-state index contributed by atoms with van der Waals surface area (Å²) in [6, 6.07) is 6.30. The highest BCUT2D eigenvalue weighted by Crippen LogP contribution is 2.28. The number of aromatic nitrogens is 2. The van der Waals surface area contributed by atoms with E-state index in [9.17, 15) is 9.18 Å². The van der Waals surface area contributed by atoms with Crippen LogP contribution in [0.5, 0.6) is 0 Å². The molecule has 1 aromatic carbocycles. The molecule has 0 bridgehead atoms. The molecule has 6 heteroatoms. The molecular formula is C18H18FN3OS. The minimum Gasteiger partial charge on any atom is -0.338 e. The van der Waals surface area contributed by atoms with Crippen molar-refractivity contribution in [3.8, 4) is 11.3 Å². The molecule has 0 aliphatic carbocycles. The number of rotatable bonds is 2. The molecule has 4 nitrogen and oxygen atoms in total. The fraction of sp³-hybridized carbons (Fsp3) is 0.333. The number of carbonyl (C=O) groups excluding carboxylic acids is 1. The molecule has 0 radical (unpaired) electrons. The number of benzene rings is 1. The van der Waals surface area contributed by atoms with Crippen LogP contribution in [0.15, 0.2) is 30.5 Å². The fourth-order valence-corrected chi connectivity index (χ4v) is 4.23. The topological polar surface area (TPSA) is 37.6 Å². The summed E-state index contributed by atoms with van der Waals surface area (Å²) < 4.78 is 15.0. The second-order valence-corrected chi connectivity index (χ2v) is 7.13. The van der Waals surface area contributed by atoms with Gasteiger partial charge in [0.1, 0.15) is 10.7 Å². The number of hydrogen-bond donors (Lipinski definition) is 0. The Morgan fingerprint density at radius 1 is 1.17 bits per heavy atom. The lowest BCUT2D eigenvalue weighted by Crippen LogP contribution is -2.35. The van der Waals surface area contributed by atoms with E-state index in [1.165, 1.54) is 29.9 Å². The maximum atomic E-state index is 13.1. The maximum Gasteiger partial charge on any atom is 0.265 e. The predicted molar refractivity (Wildman–Crippen MR) is 93.0 cm³/mol. The van der Waals surface area contributed by atoms with Gasteiger partial charge in [-0.3, -0.25) is 9.20 Å². The number of likely N-dealkylation sites (tertiary alicyclic amines) is 1. The molecule has 4 rings (SSSR count). The van der Waals surface area contributed by atoms with Crippen LogP contribution in [-0.4, -0.2) is 33.3 Å². The van der Waals surface area contributed by atoms with Gasteiger partial charge in [-0.1, -0.05) is 11.3 Å². The summed E-state index contributed by atoms with van der Waals surface area (Å²) in [5, 5.41) is 0. The molecule has 0 atom stereocenters. The Bertz CT molecular complexity index is 891. The molecule has 1 saturated heterocycles. The highest BCUT2D eigenvalue weighted by atomic mass is 32.1. The average molecular weight is 343 g/mol. The molecule has 3 heterocycles. The SMILES string of the molecule is Cc1c(C(=O)N2CCCCC2)sc2nc(-c3ccc(F)cc3)cn12. The van der Waals surface area contributed by atoms with Crippen molar-refractivity contribution in [1.82, 2.24) is 14.3 Å². The number of halogens is 1. The lowest BCUT2D eigenvalue weighted by molar-refractivity contribution is 0.0728. The summed E-state index contributed by atoms with van der Waals surface area (Å²) >= 11 is 1.43. The van der Waals surface area contributed by atoms with E-state index in [2.05, 4.69) is 4.98 Å². The van der Waals surface area contributed by atoms with Gasteiger partial charge in [-0.05, 0) is 50.5 Å². The Labute approximate surface area is 143 Å². The van der Waals surface area contributed by atoms with E-state index >= 15 is 0 Å². The van der Waals surface area contributed by atoms with Gasteiger partial charge in [0.05, 0.1) is 5.69 Å². The van der Waals surface area contributed by atoms with Gasteiger partial charge in [-0.2, -0.15) is 0 Å². The van der Waals surface area contributed by atoms with E-state index in [-0.39, 0.29) is 11.7 Å². The number of aryl methyl sites for hydroxylation is 1. The number of thiazole rings is 1. The van der Waals surface area contributed by atoms with Crippen LogP contribution in [-0.2, 0) is 0 Å². The van der Waals surface area contributed by atoms with Gasteiger partial charge < -0.3 is 4.90 Å². The van der Waals surface area contributed by atoms with Crippen molar-refractivity contribution in [1.29, 1.82) is 0 Å². The molecule has 1 fully saturated rings. The molecule has 1 amide bonds. The second kappa shape index (κ2) is 6.02. The average Bonchev–Trinajstić information content (AvgIpc) is 3.15. The minimum absolute atomic E-state index is 0.117. The third-order valence-electron chi connectivity index (χ3n) is 4.53. The Balaban J connectivity index is 1.67. The first-order valence-corrected chi connectivity index (χ1v) is 8.99. The van der Waals surface area contributed by atoms with Gasteiger partial charge in [0.25, 0.3) is 5.91 Å². The van der Waals surface area contributed by atoms with Crippen LogP contribution in [0.4, 0.5) is 4.39 Å². The standard InChI is InChI=1S/C18H18FN3OS/c1-12-16(17(23)21-9-3-2-4-10-21)24-18-20-15(11-22(12)18)13-5-7-14(19)8-6-13/h5-8,11H,2-4,9-10H2,1H3. The second-order valence-electron chi connectivity index (χ2n) is 6.16. The van der Waals surface area contributed by atoms with E-state index < -0.39 is 0 Å². The zero-order valence-corrected chi connectivity index (χ0v) is 14.3. The zero-order valence-electron chi connectivity index (χ0n) is 13.5. The molecule has 1 aliphatic rings. The van der Waals surface area contributed by atoms with E-state index in [0.29, 0.717) is 0 Å². The van der Waals surface area contributed by atoms with Crippen molar-refractivity contribution in [2.75, 3.05) is 13.1 Å². The fourth-order valence-electron chi connectivity index (χ4n) is 3.15. The minimum atomic E-state index is -0.259. The first-order valence-electron chi connectivity index (χ1n) is 8.17. The summed E-state index contributed by atoms with van der Waals surface area (Å²) in [6.07, 6.45) is 5.29. The lowest BCUT2D eigenvalue weighted by atomic mass is 10.1. The van der Waals surface area contributed by atoms with Gasteiger partial charge in [0.15, 0.2) is 4.96 Å². The highest BCUT2D eigenvalue weighted by molar-refractivity contribution is 7.19. The summed E-state index contributed by atoms with van der Waals surface area (Å²) in [6.45, 7) is 3.65. The first kappa shape index (κ1) is 15.3. The van der Waals surface area contributed by atoms with Crippen LogP contribution in [0.2, 0.25) is 0 Å². The van der Waals surface area contributed by atoms with Crippen molar-refractivity contribution in [3.63, 3.8) is 0 Å². The van der Waals surface area contributed by atoms with Crippen LogP contribution in [0.25, 0.3) is 16.2 Å². The van der Waals surface area contributed by atoms with E-state index in [1.807, 2.05) is 22.4 Å². The van der Waals surface area contributed by atoms with Crippen molar-refractivity contribution < 1.29 is 9.18 Å². The summed E-state index contributed by atoms with van der Waals surface area (Å²) in [5.41, 5.74) is 2.59. The van der Waals surface area contributed by atoms with Crippen LogP contribution in [0.3, 0.4) is 0 Å². The Morgan fingerprint density at radius 3 is 2.54 bits per heavy atom. The van der Waals surface area contributed by atoms with E-state index in [0.717, 1.165) is 52.7 Å². The third kappa shape index (κ3) is 2.60. The summed E-state index contributed by atoms with van der Waals surface area (Å²) in [4.78, 5) is 20.9. The molecule has 24 heavy (non-hydrogen) atoms. The van der Waals surface area contributed by atoms with Crippen molar-refractivity contribution in [3.05, 3.63) is 46.9 Å². The Morgan fingerprint density at radius 2 is 1.88 bits per heavy atom. The third-order valence-corrected chi connectivity index (χ3v) is 5.68. The maximum absolute atomic E-state index is 13.1. The van der Waals surface area contributed by atoms with Gasteiger partial charge in [0, 0.05) is 30.5 Å².